The summed E-state index contributed by atoms with van der Waals surface area (Å²) >= 11 is 3.71. The molecule has 0 saturated heterocycles. The van der Waals surface area contributed by atoms with Gasteiger partial charge in [-0.1, -0.05) is 29.8 Å². The minimum Gasteiger partial charge on any atom is -0.270 e. The topological polar surface area (TPSA) is 17.8 Å². The van der Waals surface area contributed by atoms with Crippen molar-refractivity contribution in [2.75, 3.05) is 5.33 Å². The second-order valence-electron chi connectivity index (χ2n) is 5.54. The number of aromatic nitrogens is 2. The quantitative estimate of drug-likeness (QED) is 0.730. The summed E-state index contributed by atoms with van der Waals surface area (Å²) in [5.41, 5.74) is 3.06. The molecule has 1 heterocycles. The molecule has 1 aliphatic carbocycles. The largest absolute Gasteiger partial charge is 0.270 e. The van der Waals surface area contributed by atoms with Gasteiger partial charge in [0.25, 0.3) is 0 Å². The number of hydrogen-bond donors (Lipinski definition) is 0. The van der Waals surface area contributed by atoms with E-state index in [0.717, 1.165) is 30.6 Å². The Hall–Kier alpha value is -0.310. The van der Waals surface area contributed by atoms with Crippen LogP contribution >= 0.6 is 15.9 Å². The van der Waals surface area contributed by atoms with Crippen LogP contribution in [0.2, 0.25) is 0 Å². The van der Waals surface area contributed by atoms with Crippen molar-refractivity contribution in [1.82, 2.24) is 9.78 Å². The van der Waals surface area contributed by atoms with Crippen LogP contribution in [0.4, 0.5) is 0 Å². The van der Waals surface area contributed by atoms with E-state index in [4.69, 9.17) is 0 Å². The summed E-state index contributed by atoms with van der Waals surface area (Å²) < 4.78 is 2.18. The monoisotopic (exact) mass is 298 g/mol. The molecule has 1 saturated carbocycles. The molecule has 0 bridgehead atoms. The summed E-state index contributed by atoms with van der Waals surface area (Å²) in [5, 5.41) is 5.74. The Morgan fingerprint density at radius 1 is 1.47 bits per heavy atom. The third-order valence-corrected chi connectivity index (χ3v) is 5.31. The first-order valence-corrected chi connectivity index (χ1v) is 7.86. The first-order chi connectivity index (χ1) is 8.12. The second kappa shape index (κ2) is 5.13. The van der Waals surface area contributed by atoms with Crippen LogP contribution in [-0.2, 0) is 19.4 Å². The average molecular weight is 299 g/mol. The molecule has 17 heavy (non-hydrogen) atoms. The fraction of sp³-hybridized carbons (Fsp3) is 0.786. The third kappa shape index (κ3) is 2.75. The zero-order chi connectivity index (χ0) is 12.5. The number of hydrogen-bond acceptors (Lipinski definition) is 1. The Morgan fingerprint density at radius 3 is 2.65 bits per heavy atom. The standard InChI is InChI=1S/C14H23BrN2/c1-4-12-8-13(17(5-2)16-12)9-14(3,10-15)11-6-7-11/h8,11H,4-7,9-10H2,1-3H3. The number of rotatable bonds is 6. The van der Waals surface area contributed by atoms with Crippen LogP contribution in [0.15, 0.2) is 6.07 Å². The lowest BCUT2D eigenvalue weighted by atomic mass is 9.82. The smallest absolute Gasteiger partial charge is 0.0624 e. The molecule has 0 spiro atoms. The van der Waals surface area contributed by atoms with Crippen molar-refractivity contribution < 1.29 is 0 Å². The first-order valence-electron chi connectivity index (χ1n) is 6.74. The van der Waals surface area contributed by atoms with Crippen LogP contribution in [0.3, 0.4) is 0 Å². The van der Waals surface area contributed by atoms with Gasteiger partial charge in [0.2, 0.25) is 0 Å². The lowest BCUT2D eigenvalue weighted by molar-refractivity contribution is 0.309. The molecule has 1 atom stereocenters. The predicted molar refractivity (Wildman–Crippen MR) is 75.6 cm³/mol. The van der Waals surface area contributed by atoms with Crippen LogP contribution in [-0.4, -0.2) is 15.1 Å². The van der Waals surface area contributed by atoms with E-state index in [2.05, 4.69) is 52.5 Å². The maximum atomic E-state index is 4.65. The van der Waals surface area contributed by atoms with Crippen molar-refractivity contribution in [1.29, 1.82) is 0 Å². The Morgan fingerprint density at radius 2 is 2.18 bits per heavy atom. The average Bonchev–Trinajstić information content (AvgIpc) is 3.12. The van der Waals surface area contributed by atoms with Crippen molar-refractivity contribution in [3.63, 3.8) is 0 Å². The van der Waals surface area contributed by atoms with Crippen LogP contribution in [0.25, 0.3) is 0 Å². The molecule has 0 N–H and O–H groups in total. The Balaban J connectivity index is 2.18. The van der Waals surface area contributed by atoms with Gasteiger partial charge >= 0.3 is 0 Å². The van der Waals surface area contributed by atoms with E-state index in [-0.39, 0.29) is 0 Å². The van der Waals surface area contributed by atoms with Crippen molar-refractivity contribution in [3.05, 3.63) is 17.5 Å². The molecule has 96 valence electrons. The molecule has 0 aromatic carbocycles. The lowest BCUT2D eigenvalue weighted by Gasteiger charge is -2.27. The molecule has 3 heteroatoms. The van der Waals surface area contributed by atoms with Crippen molar-refractivity contribution in [2.24, 2.45) is 11.3 Å². The molecule has 2 rings (SSSR count). The summed E-state index contributed by atoms with van der Waals surface area (Å²) in [4.78, 5) is 0. The van der Waals surface area contributed by atoms with Crippen LogP contribution in [0.1, 0.15) is 45.0 Å². The van der Waals surface area contributed by atoms with Crippen LogP contribution < -0.4 is 0 Å². The summed E-state index contributed by atoms with van der Waals surface area (Å²) in [5.74, 6) is 0.909. The van der Waals surface area contributed by atoms with Gasteiger partial charge in [0.15, 0.2) is 0 Å². The fourth-order valence-electron chi connectivity index (χ4n) is 2.60. The maximum Gasteiger partial charge on any atom is 0.0624 e. The SMILES string of the molecule is CCc1cc(CC(C)(CBr)C2CC2)n(CC)n1. The number of halogens is 1. The normalized spacial score (nSPS) is 19.3. The van der Waals surface area contributed by atoms with Gasteiger partial charge in [0.05, 0.1) is 5.69 Å². The van der Waals surface area contributed by atoms with E-state index in [9.17, 15) is 0 Å². The van der Waals surface area contributed by atoms with Gasteiger partial charge < -0.3 is 0 Å². The molecule has 0 amide bonds. The summed E-state index contributed by atoms with van der Waals surface area (Å²) in [6, 6.07) is 2.30. The molecular weight excluding hydrogens is 276 g/mol. The van der Waals surface area contributed by atoms with Gasteiger partial charge in [-0.2, -0.15) is 5.10 Å². The van der Waals surface area contributed by atoms with E-state index < -0.39 is 0 Å². The van der Waals surface area contributed by atoms with Gasteiger partial charge in [0, 0.05) is 17.6 Å². The number of nitrogens with zero attached hydrogens (tertiary/aromatic N) is 2. The van der Waals surface area contributed by atoms with Crippen LogP contribution in [0, 0.1) is 11.3 Å². The molecule has 1 aliphatic rings. The minimum atomic E-state index is 0.415. The van der Waals surface area contributed by atoms with Crippen molar-refractivity contribution in [3.8, 4) is 0 Å². The number of aryl methyl sites for hydroxylation is 2. The maximum absolute atomic E-state index is 4.65. The van der Waals surface area contributed by atoms with E-state index in [0.29, 0.717) is 5.41 Å². The third-order valence-electron chi connectivity index (χ3n) is 4.03. The number of alkyl halides is 1. The van der Waals surface area contributed by atoms with Gasteiger partial charge in [-0.15, -0.1) is 0 Å². The molecule has 1 fully saturated rings. The molecule has 0 aliphatic heterocycles. The summed E-state index contributed by atoms with van der Waals surface area (Å²) in [6.07, 6.45) is 5.00. The predicted octanol–water partition coefficient (Wildman–Crippen LogP) is 3.82. The van der Waals surface area contributed by atoms with Crippen molar-refractivity contribution >= 4 is 15.9 Å². The Bertz CT molecular complexity index is 382. The van der Waals surface area contributed by atoms with E-state index >= 15 is 0 Å². The zero-order valence-corrected chi connectivity index (χ0v) is 12.8. The fourth-order valence-corrected chi connectivity index (χ4v) is 3.25. The zero-order valence-electron chi connectivity index (χ0n) is 11.2. The van der Waals surface area contributed by atoms with E-state index in [1.165, 1.54) is 24.2 Å². The Labute approximate surface area is 113 Å². The first kappa shape index (κ1) is 13.1. The molecule has 1 unspecified atom stereocenters. The van der Waals surface area contributed by atoms with Crippen LogP contribution in [0.5, 0.6) is 0 Å². The molecular formula is C14H23BrN2. The highest BCUT2D eigenvalue weighted by molar-refractivity contribution is 9.09. The van der Waals surface area contributed by atoms with E-state index in [1.54, 1.807) is 0 Å². The summed E-state index contributed by atoms with van der Waals surface area (Å²) in [6.45, 7) is 7.76. The molecule has 1 aromatic rings. The van der Waals surface area contributed by atoms with Gasteiger partial charge in [0.1, 0.15) is 0 Å². The molecule has 0 radical (unpaired) electrons. The Kier molecular flexibility index (Phi) is 3.96. The second-order valence-corrected chi connectivity index (χ2v) is 6.10. The molecule has 2 nitrogen and oxygen atoms in total. The van der Waals surface area contributed by atoms with Crippen molar-refractivity contribution in [2.45, 2.75) is 53.0 Å². The minimum absolute atomic E-state index is 0.415. The van der Waals surface area contributed by atoms with E-state index in [1.807, 2.05) is 0 Å². The van der Waals surface area contributed by atoms with Gasteiger partial charge in [-0.3, -0.25) is 4.68 Å². The van der Waals surface area contributed by atoms with Gasteiger partial charge in [-0.05, 0) is 50.0 Å². The highest BCUT2D eigenvalue weighted by atomic mass is 79.9. The van der Waals surface area contributed by atoms with Gasteiger partial charge in [-0.25, -0.2) is 0 Å². The molecule has 1 aromatic heterocycles. The lowest BCUT2D eigenvalue weighted by Crippen LogP contribution is -2.25. The summed E-state index contributed by atoms with van der Waals surface area (Å²) in [7, 11) is 0. The highest BCUT2D eigenvalue weighted by Crippen LogP contribution is 2.48. The highest BCUT2D eigenvalue weighted by Gasteiger charge is 2.41.